The van der Waals surface area contributed by atoms with Gasteiger partial charge in [0.1, 0.15) is 60.4 Å². The number of unbranched alkanes of at least 4 members (excludes halogenated alkanes) is 2. The maximum atomic E-state index is 14.6. The lowest BCUT2D eigenvalue weighted by Crippen LogP contribution is -2.61. The van der Waals surface area contributed by atoms with Gasteiger partial charge >= 0.3 is 11.9 Å². The molecule has 0 bridgehead atoms. The van der Waals surface area contributed by atoms with Gasteiger partial charge in [0.2, 0.25) is 59.1 Å². The molecule has 10 amide bonds. The van der Waals surface area contributed by atoms with E-state index in [1.807, 2.05) is 0 Å². The third-order valence-electron chi connectivity index (χ3n) is 15.6. The summed E-state index contributed by atoms with van der Waals surface area (Å²) in [6.45, 7) is 8.10. The van der Waals surface area contributed by atoms with E-state index in [0.717, 1.165) is 0 Å². The van der Waals surface area contributed by atoms with Crippen LogP contribution in [0.1, 0.15) is 143 Å². The summed E-state index contributed by atoms with van der Waals surface area (Å²) in [5, 5.41) is 35.9. The summed E-state index contributed by atoms with van der Waals surface area (Å²) < 4.78 is 0. The van der Waals surface area contributed by atoms with Crippen LogP contribution in [0.4, 0.5) is 0 Å². The minimum Gasteiger partial charge on any atom is -0.481 e. The summed E-state index contributed by atoms with van der Waals surface area (Å²) in [7, 11) is 0. The Morgan fingerprint density at radius 2 is 0.731 bits per heavy atom. The molecule has 5 fully saturated rings. The van der Waals surface area contributed by atoms with Crippen molar-refractivity contribution in [2.45, 2.75) is 204 Å². The van der Waals surface area contributed by atoms with Gasteiger partial charge in [-0.15, -0.1) is 0 Å². The maximum absolute atomic E-state index is 14.6. The van der Waals surface area contributed by atoms with Gasteiger partial charge in [0.15, 0.2) is 0 Å². The second kappa shape index (κ2) is 29.5. The number of amides is 10. The normalized spacial score (nSPS) is 28.8. The van der Waals surface area contributed by atoms with Crippen molar-refractivity contribution >= 4 is 71.0 Å². The molecule has 0 aromatic rings. The topological polar surface area (TPSA) is 386 Å². The summed E-state index contributed by atoms with van der Waals surface area (Å²) in [4.78, 5) is 173. The lowest BCUT2D eigenvalue weighted by Gasteiger charge is -2.34. The third-order valence-corrected chi connectivity index (χ3v) is 15.6. The summed E-state index contributed by atoms with van der Waals surface area (Å²) in [5.74, 6) is -10.6. The zero-order chi connectivity index (χ0) is 57.4. The highest BCUT2D eigenvalue weighted by Crippen LogP contribution is 2.29. The Morgan fingerprint density at radius 1 is 0.423 bits per heavy atom. The fourth-order valence-corrected chi connectivity index (χ4v) is 11.2. The van der Waals surface area contributed by atoms with Crippen LogP contribution in [0.3, 0.4) is 0 Å². The Kier molecular flexibility index (Phi) is 23.6. The van der Waals surface area contributed by atoms with Crippen molar-refractivity contribution in [3.63, 3.8) is 0 Å². The Balaban J connectivity index is 1.55. The second-order valence-electron chi connectivity index (χ2n) is 22.0. The molecule has 26 nitrogen and oxygen atoms in total. The lowest BCUT2D eigenvalue weighted by molar-refractivity contribution is -0.368. The molecule has 0 saturated carbocycles. The van der Waals surface area contributed by atoms with E-state index in [4.69, 9.17) is 0 Å². The van der Waals surface area contributed by atoms with Gasteiger partial charge in [-0.2, -0.15) is 0 Å². The quantitative estimate of drug-likeness (QED) is 0.0679. The van der Waals surface area contributed by atoms with Crippen molar-refractivity contribution < 1.29 is 79.2 Å². The molecule has 0 aromatic heterocycles. The smallest absolute Gasteiger partial charge is 0.303 e. The van der Waals surface area contributed by atoms with Crippen LogP contribution in [0.25, 0.3) is 0 Å². The maximum Gasteiger partial charge on any atom is 0.303 e. The largest absolute Gasteiger partial charge is 0.481 e. The molecule has 0 aromatic carbocycles. The molecule has 0 unspecified atom stereocenters. The number of nitrogens with zero attached hydrogens (tertiary/aromatic N) is 4. The molecule has 5 aliphatic rings. The molecular formula is C52H86N12O14+2. The second-order valence-corrected chi connectivity index (χ2v) is 22.0. The molecule has 78 heavy (non-hydrogen) atoms. The van der Waals surface area contributed by atoms with Crippen LogP contribution in [0.15, 0.2) is 0 Å². The fourth-order valence-electron chi connectivity index (χ4n) is 11.2. The number of carboxylic acid groups (broad SMARTS) is 2. The molecule has 5 heterocycles. The van der Waals surface area contributed by atoms with Gasteiger partial charge in [0.05, 0.1) is 13.1 Å². The Labute approximate surface area is 455 Å². The molecule has 0 spiro atoms. The van der Waals surface area contributed by atoms with Crippen LogP contribution in [0, 0.1) is 11.8 Å². The fraction of sp³-hybridized carbons (Fsp3) is 0.769. The minimum absolute atomic E-state index is 0.0783. The number of carbonyl (C=O) groups excluding carboxylic acids is 10. The van der Waals surface area contributed by atoms with Gasteiger partial charge in [-0.25, -0.2) is 0 Å². The molecule has 5 aliphatic heterocycles. The summed E-state index contributed by atoms with van der Waals surface area (Å²) in [5.41, 5.74) is 7.75. The van der Waals surface area contributed by atoms with Crippen LogP contribution >= 0.6 is 0 Å². The average Bonchev–Trinajstić information content (AvgIpc) is 4.26. The number of hydrogen-bond donors (Lipinski definition) is 10. The van der Waals surface area contributed by atoms with Gasteiger partial charge in [-0.1, -0.05) is 27.7 Å². The summed E-state index contributed by atoms with van der Waals surface area (Å²) in [6, 6.07) is -12.2. The van der Waals surface area contributed by atoms with Crippen molar-refractivity contribution in [3.8, 4) is 0 Å². The third kappa shape index (κ3) is 16.3. The molecule has 0 radical (unpaired) electrons. The van der Waals surface area contributed by atoms with Gasteiger partial charge in [0.25, 0.3) is 0 Å². The minimum atomic E-state index is -1.45. The standard InChI is InChI=1S/C52H84N12O14/c1-29(2)41-47(73)57-33(19-21-39(65)66)49(75)63-27-11-17-37(63)51(77)62-26-10-16-36(62)46(72)56-32(14-6-8-24-54)44(70)60-42(30(3)4)48(74)58-34(20-22-40(67)68)50(76)64-28-12-18-38(64)52(78)61-25-9-15-35(61)45(71)55-31(43(69)59-41)13-5-7-23-53/h29-38,41-42H,5-28,53-54H2,1-4H3,(H,55,71)(H,56,72)(H,57,73)(H,58,74)(H,59,69)(H,60,70)(H,65,66)(H,67,68)/p+2/t31-,32+,33+,34-,35+,36-,37-,38+,41+,42-. The van der Waals surface area contributed by atoms with E-state index in [2.05, 4.69) is 43.4 Å². The highest BCUT2D eigenvalue weighted by Gasteiger charge is 2.47. The molecule has 26 heteroatoms. The SMILES string of the molecule is CC(C)[C@@H]1NC(=O)[C@@H](CCCC[NH3+])NC(=O)[C@@H]2CCCN2C(=O)[C@@H]2CCCN2C(=O)[C@@H](CCC(=O)O)NC(=O)[C@@H](C(C)C)NC(=O)[C@H](CCCC[NH3+])NC(=O)[C@H]2CCCN2C(=O)[C@H]2CCCN2C(=O)[C@H](CCC(=O)O)NC1=O. The Hall–Kier alpha value is -6.44. The molecular weight excluding hydrogens is 1020 g/mol. The zero-order valence-electron chi connectivity index (χ0n) is 45.9. The van der Waals surface area contributed by atoms with E-state index < -0.39 is 156 Å². The number of nitrogens with one attached hydrogen (secondary N) is 6. The molecule has 14 N–H and O–H groups in total. The van der Waals surface area contributed by atoms with Crippen molar-refractivity contribution in [3.05, 3.63) is 0 Å². The van der Waals surface area contributed by atoms with E-state index in [1.165, 1.54) is 19.6 Å². The first-order valence-electron chi connectivity index (χ1n) is 28.2. The van der Waals surface area contributed by atoms with Crippen LogP contribution in [0.5, 0.6) is 0 Å². The molecule has 5 saturated heterocycles. The van der Waals surface area contributed by atoms with Crippen molar-refractivity contribution in [2.24, 2.45) is 11.8 Å². The van der Waals surface area contributed by atoms with Gasteiger partial charge in [-0.3, -0.25) is 57.5 Å². The number of hydrogen-bond acceptors (Lipinski definition) is 12. The predicted octanol–water partition coefficient (Wildman–Crippen LogP) is -3.26. The monoisotopic (exact) mass is 1100 g/mol. The number of carbonyl (C=O) groups is 12. The first-order chi connectivity index (χ1) is 37.1. The van der Waals surface area contributed by atoms with Crippen molar-refractivity contribution in [2.75, 3.05) is 39.3 Å². The van der Waals surface area contributed by atoms with Gasteiger partial charge in [-0.05, 0) is 115 Å². The highest BCUT2D eigenvalue weighted by molar-refractivity contribution is 6.00. The lowest BCUT2D eigenvalue weighted by atomic mass is 10.00. The number of fused-ring (bicyclic) bond motifs is 4. The number of carboxylic acids is 2. The van der Waals surface area contributed by atoms with E-state index in [-0.39, 0.29) is 77.5 Å². The first-order valence-corrected chi connectivity index (χ1v) is 28.2. The van der Waals surface area contributed by atoms with E-state index in [1.54, 1.807) is 27.7 Å². The van der Waals surface area contributed by atoms with Crippen LogP contribution in [0.2, 0.25) is 0 Å². The van der Waals surface area contributed by atoms with Crippen molar-refractivity contribution in [1.82, 2.24) is 51.5 Å². The number of quaternary nitrogens is 2. The molecule has 5 rings (SSSR count). The van der Waals surface area contributed by atoms with Gasteiger partial charge in [0, 0.05) is 39.0 Å². The Bertz CT molecular complexity index is 2060. The highest BCUT2D eigenvalue weighted by atomic mass is 16.4. The predicted molar refractivity (Wildman–Crippen MR) is 277 cm³/mol. The average molecular weight is 1100 g/mol. The summed E-state index contributed by atoms with van der Waals surface area (Å²) in [6.07, 6.45) is 2.91. The first kappa shape index (κ1) is 62.4. The molecule has 436 valence electrons. The van der Waals surface area contributed by atoms with E-state index in [9.17, 15) is 67.7 Å². The van der Waals surface area contributed by atoms with Crippen molar-refractivity contribution in [1.29, 1.82) is 0 Å². The molecule has 0 aliphatic carbocycles. The number of rotatable bonds is 16. The van der Waals surface area contributed by atoms with Gasteiger partial charge < -0.3 is 73.2 Å². The van der Waals surface area contributed by atoms with E-state index in [0.29, 0.717) is 64.5 Å². The van der Waals surface area contributed by atoms with E-state index >= 15 is 0 Å². The Morgan fingerprint density at radius 3 is 1.04 bits per heavy atom. The summed E-state index contributed by atoms with van der Waals surface area (Å²) >= 11 is 0. The zero-order valence-corrected chi connectivity index (χ0v) is 45.9. The van der Waals surface area contributed by atoms with Crippen LogP contribution < -0.4 is 43.4 Å². The molecule has 10 atom stereocenters. The van der Waals surface area contributed by atoms with Crippen LogP contribution in [-0.4, -0.2) is 201 Å². The van der Waals surface area contributed by atoms with Crippen LogP contribution in [-0.2, 0) is 57.5 Å². The number of aliphatic carboxylic acids is 2.